The van der Waals surface area contributed by atoms with Crippen LogP contribution in [0.15, 0.2) is 11.1 Å². The number of amides is 1. The summed E-state index contributed by atoms with van der Waals surface area (Å²) >= 11 is 1.73. The van der Waals surface area contributed by atoms with Gasteiger partial charge in [-0.15, -0.1) is 11.8 Å². The van der Waals surface area contributed by atoms with E-state index in [1.165, 1.54) is 0 Å². The highest BCUT2D eigenvalue weighted by Gasteiger charge is 2.10. The average molecular weight is 186 g/mol. The zero-order chi connectivity index (χ0) is 8.97. The zero-order valence-corrected chi connectivity index (χ0v) is 8.28. The number of likely N-dealkylation sites (N-methyl/N-ethyl adjacent to an activating group) is 1. The summed E-state index contributed by atoms with van der Waals surface area (Å²) in [6.45, 7) is 2.59. The second-order valence-electron chi connectivity index (χ2n) is 2.73. The van der Waals surface area contributed by atoms with E-state index in [0.29, 0.717) is 13.0 Å². The van der Waals surface area contributed by atoms with Crippen LogP contribution >= 0.6 is 11.8 Å². The van der Waals surface area contributed by atoms with Crippen molar-refractivity contribution in [3.05, 3.63) is 11.1 Å². The van der Waals surface area contributed by atoms with Gasteiger partial charge < -0.3 is 10.2 Å². The van der Waals surface area contributed by atoms with Gasteiger partial charge in [0.2, 0.25) is 5.91 Å². The molecule has 1 rings (SSSR count). The molecule has 0 fully saturated rings. The number of hydrogen-bond acceptors (Lipinski definition) is 3. The normalized spacial score (nSPS) is 15.3. The molecule has 1 aliphatic rings. The van der Waals surface area contributed by atoms with Crippen molar-refractivity contribution in [2.45, 2.75) is 13.3 Å². The summed E-state index contributed by atoms with van der Waals surface area (Å²) in [5, 5.41) is 5.27. The van der Waals surface area contributed by atoms with E-state index in [1.54, 1.807) is 16.7 Å². The quantitative estimate of drug-likeness (QED) is 0.713. The molecule has 0 atom stereocenters. The van der Waals surface area contributed by atoms with E-state index in [1.807, 2.05) is 14.0 Å². The summed E-state index contributed by atoms with van der Waals surface area (Å²) in [6, 6.07) is 0. The van der Waals surface area contributed by atoms with Crippen LogP contribution in [0.5, 0.6) is 0 Å². The van der Waals surface area contributed by atoms with Gasteiger partial charge in [-0.1, -0.05) is 6.92 Å². The molecule has 0 aliphatic carbocycles. The van der Waals surface area contributed by atoms with Gasteiger partial charge in [-0.2, -0.15) is 0 Å². The molecule has 3 nitrogen and oxygen atoms in total. The van der Waals surface area contributed by atoms with Gasteiger partial charge in [-0.3, -0.25) is 4.79 Å². The predicted octanol–water partition coefficient (Wildman–Crippen LogP) is 0.990. The number of hydrogen-bond donors (Lipinski definition) is 1. The van der Waals surface area contributed by atoms with Crippen molar-refractivity contribution in [3.8, 4) is 0 Å². The molecule has 0 radical (unpaired) electrons. The average Bonchev–Trinajstić information content (AvgIpc) is 2.55. The summed E-state index contributed by atoms with van der Waals surface area (Å²) in [5.41, 5.74) is 1.14. The molecule has 1 amide bonds. The maximum absolute atomic E-state index is 11.2. The Kier molecular flexibility index (Phi) is 3.47. The fraction of sp³-hybridized carbons (Fsp3) is 0.625. The standard InChI is InChI=1S/C8H14N2OS/c1-3-8(11)10(2)4-7-5-12-6-9-7/h5,9H,3-4,6H2,1-2H3. The van der Waals surface area contributed by atoms with Crippen molar-refractivity contribution >= 4 is 17.7 Å². The molecule has 68 valence electrons. The van der Waals surface area contributed by atoms with Crippen LogP contribution in [-0.2, 0) is 4.79 Å². The first-order valence-corrected chi connectivity index (χ1v) is 5.07. The first-order chi connectivity index (χ1) is 5.74. The third kappa shape index (κ3) is 2.44. The van der Waals surface area contributed by atoms with E-state index in [-0.39, 0.29) is 5.91 Å². The Morgan fingerprint density at radius 1 is 1.83 bits per heavy atom. The lowest BCUT2D eigenvalue weighted by Gasteiger charge is -2.16. The third-order valence-corrected chi connectivity index (χ3v) is 2.51. The number of nitrogens with zero attached hydrogens (tertiary/aromatic N) is 1. The van der Waals surface area contributed by atoms with Crippen molar-refractivity contribution in [1.82, 2.24) is 10.2 Å². The van der Waals surface area contributed by atoms with Crippen LogP contribution < -0.4 is 5.32 Å². The van der Waals surface area contributed by atoms with Crippen LogP contribution in [0.3, 0.4) is 0 Å². The van der Waals surface area contributed by atoms with Crippen molar-refractivity contribution in [2.75, 3.05) is 19.5 Å². The second kappa shape index (κ2) is 4.40. The molecular formula is C8H14N2OS. The van der Waals surface area contributed by atoms with Gasteiger partial charge in [0.25, 0.3) is 0 Å². The van der Waals surface area contributed by atoms with Crippen LogP contribution in [0.2, 0.25) is 0 Å². The topological polar surface area (TPSA) is 32.3 Å². The number of thioether (sulfide) groups is 1. The Morgan fingerprint density at radius 3 is 3.08 bits per heavy atom. The van der Waals surface area contributed by atoms with Gasteiger partial charge in [0.05, 0.1) is 12.4 Å². The van der Waals surface area contributed by atoms with E-state index in [4.69, 9.17) is 0 Å². The van der Waals surface area contributed by atoms with E-state index in [9.17, 15) is 4.79 Å². The lowest BCUT2D eigenvalue weighted by atomic mass is 10.4. The van der Waals surface area contributed by atoms with E-state index in [2.05, 4.69) is 10.7 Å². The minimum Gasteiger partial charge on any atom is -0.377 e. The third-order valence-electron chi connectivity index (χ3n) is 1.74. The fourth-order valence-corrected chi connectivity index (χ4v) is 1.74. The molecule has 4 heteroatoms. The highest BCUT2D eigenvalue weighted by atomic mass is 32.2. The number of carbonyl (C=O) groups excluding carboxylic acids is 1. The highest BCUT2D eigenvalue weighted by Crippen LogP contribution is 2.12. The molecule has 0 saturated heterocycles. The first kappa shape index (κ1) is 9.45. The molecule has 12 heavy (non-hydrogen) atoms. The highest BCUT2D eigenvalue weighted by molar-refractivity contribution is 8.02. The second-order valence-corrected chi connectivity index (χ2v) is 3.59. The van der Waals surface area contributed by atoms with Gasteiger partial charge in [0, 0.05) is 19.2 Å². The minimum absolute atomic E-state index is 0.189. The lowest BCUT2D eigenvalue weighted by molar-refractivity contribution is -0.129. The van der Waals surface area contributed by atoms with Crippen LogP contribution in [0.1, 0.15) is 13.3 Å². The zero-order valence-electron chi connectivity index (χ0n) is 7.46. The Balaban J connectivity index is 2.34. The number of rotatable bonds is 3. The van der Waals surface area contributed by atoms with E-state index in [0.717, 1.165) is 11.6 Å². The molecule has 0 aromatic carbocycles. The summed E-state index contributed by atoms with van der Waals surface area (Å²) < 4.78 is 0. The first-order valence-electron chi connectivity index (χ1n) is 4.02. The largest absolute Gasteiger partial charge is 0.377 e. The Morgan fingerprint density at radius 2 is 2.58 bits per heavy atom. The smallest absolute Gasteiger partial charge is 0.222 e. The van der Waals surface area contributed by atoms with Crippen molar-refractivity contribution < 1.29 is 4.79 Å². The summed E-state index contributed by atoms with van der Waals surface area (Å²) in [5.74, 6) is 1.12. The Bertz CT molecular complexity index is 203. The molecule has 0 spiro atoms. The van der Waals surface area contributed by atoms with Crippen LogP contribution in [0, 0.1) is 0 Å². The van der Waals surface area contributed by atoms with Crippen LogP contribution in [0.25, 0.3) is 0 Å². The maximum atomic E-state index is 11.2. The van der Waals surface area contributed by atoms with Crippen LogP contribution in [-0.4, -0.2) is 30.3 Å². The molecule has 0 aromatic rings. The Hall–Kier alpha value is -0.640. The molecule has 0 saturated carbocycles. The SMILES string of the molecule is CCC(=O)N(C)CC1=CSCN1. The monoisotopic (exact) mass is 186 g/mol. The molecule has 1 heterocycles. The van der Waals surface area contributed by atoms with Gasteiger partial charge >= 0.3 is 0 Å². The summed E-state index contributed by atoms with van der Waals surface area (Å²) in [7, 11) is 1.83. The van der Waals surface area contributed by atoms with Crippen molar-refractivity contribution in [3.63, 3.8) is 0 Å². The Labute approximate surface area is 77.2 Å². The summed E-state index contributed by atoms with van der Waals surface area (Å²) in [6.07, 6.45) is 0.580. The van der Waals surface area contributed by atoms with Gasteiger partial charge in [0.1, 0.15) is 0 Å². The van der Waals surface area contributed by atoms with Crippen LogP contribution in [0.4, 0.5) is 0 Å². The minimum atomic E-state index is 0.189. The molecule has 0 unspecified atom stereocenters. The molecule has 1 N–H and O–H groups in total. The van der Waals surface area contributed by atoms with Crippen molar-refractivity contribution in [2.24, 2.45) is 0 Å². The maximum Gasteiger partial charge on any atom is 0.222 e. The fourth-order valence-electron chi connectivity index (χ4n) is 1.03. The molecular weight excluding hydrogens is 172 g/mol. The van der Waals surface area contributed by atoms with Gasteiger partial charge in [0.15, 0.2) is 0 Å². The summed E-state index contributed by atoms with van der Waals surface area (Å²) in [4.78, 5) is 12.9. The lowest BCUT2D eigenvalue weighted by Crippen LogP contribution is -2.30. The van der Waals surface area contributed by atoms with E-state index >= 15 is 0 Å². The van der Waals surface area contributed by atoms with Gasteiger partial charge in [-0.25, -0.2) is 0 Å². The molecule has 1 aliphatic heterocycles. The van der Waals surface area contributed by atoms with Crippen molar-refractivity contribution in [1.29, 1.82) is 0 Å². The predicted molar refractivity (Wildman–Crippen MR) is 51.6 cm³/mol. The molecule has 0 bridgehead atoms. The number of carbonyl (C=O) groups is 1. The van der Waals surface area contributed by atoms with E-state index < -0.39 is 0 Å². The number of nitrogens with one attached hydrogen (secondary N) is 1. The van der Waals surface area contributed by atoms with Gasteiger partial charge in [-0.05, 0) is 5.41 Å². The molecule has 0 aromatic heterocycles.